The smallest absolute Gasteiger partial charge is 0.255 e. The van der Waals surface area contributed by atoms with E-state index in [1.807, 2.05) is 24.3 Å². The van der Waals surface area contributed by atoms with Crippen molar-refractivity contribution >= 4 is 28.5 Å². The SMILES string of the molecule is C#CCN(Cc1ccco1)C(=O)c1cccc(I)c1. The van der Waals surface area contributed by atoms with Crippen molar-refractivity contribution in [2.24, 2.45) is 0 Å². The number of hydrogen-bond donors (Lipinski definition) is 0. The van der Waals surface area contributed by atoms with Gasteiger partial charge in [-0.2, -0.15) is 0 Å². The number of amides is 1. The van der Waals surface area contributed by atoms with Crippen LogP contribution in [0.5, 0.6) is 0 Å². The summed E-state index contributed by atoms with van der Waals surface area (Å²) in [5.74, 6) is 3.13. The molecule has 0 unspecified atom stereocenters. The first-order valence-electron chi connectivity index (χ1n) is 5.71. The summed E-state index contributed by atoms with van der Waals surface area (Å²) < 4.78 is 6.27. The molecule has 0 aliphatic carbocycles. The van der Waals surface area contributed by atoms with E-state index in [2.05, 4.69) is 28.5 Å². The van der Waals surface area contributed by atoms with Crippen LogP contribution >= 0.6 is 22.6 Å². The molecule has 0 aliphatic rings. The summed E-state index contributed by atoms with van der Waals surface area (Å²) >= 11 is 2.18. The number of furan rings is 1. The van der Waals surface area contributed by atoms with Gasteiger partial charge in [-0.25, -0.2) is 0 Å². The molecular weight excluding hydrogens is 353 g/mol. The minimum Gasteiger partial charge on any atom is -0.467 e. The summed E-state index contributed by atoms with van der Waals surface area (Å²) in [7, 11) is 0. The average Bonchev–Trinajstić information content (AvgIpc) is 2.90. The molecule has 0 N–H and O–H groups in total. The van der Waals surface area contributed by atoms with Crippen molar-refractivity contribution in [1.29, 1.82) is 0 Å². The lowest BCUT2D eigenvalue weighted by Gasteiger charge is -2.19. The number of carbonyl (C=O) groups excluding carboxylic acids is 1. The van der Waals surface area contributed by atoms with E-state index in [9.17, 15) is 4.79 Å². The third-order valence-electron chi connectivity index (χ3n) is 2.57. The van der Waals surface area contributed by atoms with Gasteiger partial charge in [0.05, 0.1) is 19.4 Å². The van der Waals surface area contributed by atoms with Gasteiger partial charge in [0.15, 0.2) is 0 Å². The van der Waals surface area contributed by atoms with Crippen molar-refractivity contribution in [2.45, 2.75) is 6.54 Å². The standard InChI is InChI=1S/C15H12INO2/c1-2-8-17(11-14-7-4-9-19-14)15(18)12-5-3-6-13(16)10-12/h1,3-7,9-10H,8,11H2. The maximum atomic E-state index is 12.4. The number of hydrogen-bond acceptors (Lipinski definition) is 2. The van der Waals surface area contributed by atoms with E-state index in [0.717, 1.165) is 3.57 Å². The molecule has 1 heterocycles. The van der Waals surface area contributed by atoms with Gasteiger partial charge in [-0.1, -0.05) is 12.0 Å². The zero-order valence-electron chi connectivity index (χ0n) is 10.2. The van der Waals surface area contributed by atoms with Crippen molar-refractivity contribution in [2.75, 3.05) is 6.54 Å². The van der Waals surface area contributed by atoms with Crippen molar-refractivity contribution in [3.63, 3.8) is 0 Å². The van der Waals surface area contributed by atoms with Gasteiger partial charge in [-0.05, 0) is 52.9 Å². The molecule has 19 heavy (non-hydrogen) atoms. The van der Waals surface area contributed by atoms with Crippen molar-refractivity contribution in [1.82, 2.24) is 4.90 Å². The number of carbonyl (C=O) groups is 1. The second-order valence-electron chi connectivity index (χ2n) is 3.96. The highest BCUT2D eigenvalue weighted by Crippen LogP contribution is 2.13. The molecule has 2 rings (SSSR count). The van der Waals surface area contributed by atoms with Crippen LogP contribution in [-0.4, -0.2) is 17.4 Å². The highest BCUT2D eigenvalue weighted by Gasteiger charge is 2.16. The van der Waals surface area contributed by atoms with Crippen LogP contribution in [0.2, 0.25) is 0 Å². The Bertz CT molecular complexity index is 599. The zero-order chi connectivity index (χ0) is 13.7. The quantitative estimate of drug-likeness (QED) is 0.616. The first-order valence-corrected chi connectivity index (χ1v) is 6.79. The van der Waals surface area contributed by atoms with Gasteiger partial charge in [-0.3, -0.25) is 4.79 Å². The Morgan fingerprint density at radius 3 is 2.84 bits per heavy atom. The number of halogens is 1. The van der Waals surface area contributed by atoms with Crippen LogP contribution in [0.15, 0.2) is 47.1 Å². The first kappa shape index (κ1) is 13.7. The Kier molecular flexibility index (Phi) is 4.63. The molecule has 0 fully saturated rings. The van der Waals surface area contributed by atoms with Crippen LogP contribution in [0.4, 0.5) is 0 Å². The number of terminal acetylenes is 1. The van der Waals surface area contributed by atoms with Gasteiger partial charge in [0.2, 0.25) is 0 Å². The predicted octanol–water partition coefficient (Wildman–Crippen LogP) is 3.16. The Morgan fingerprint density at radius 1 is 1.37 bits per heavy atom. The fourth-order valence-corrected chi connectivity index (χ4v) is 2.25. The fraction of sp³-hybridized carbons (Fsp3) is 0.133. The third-order valence-corrected chi connectivity index (χ3v) is 3.24. The summed E-state index contributed by atoms with van der Waals surface area (Å²) in [6.45, 7) is 0.631. The molecule has 0 spiro atoms. The van der Waals surface area contributed by atoms with E-state index in [1.54, 1.807) is 23.3 Å². The van der Waals surface area contributed by atoms with Gasteiger partial charge in [-0.15, -0.1) is 6.42 Å². The lowest BCUT2D eigenvalue weighted by Crippen LogP contribution is -2.30. The molecule has 4 heteroatoms. The fourth-order valence-electron chi connectivity index (χ4n) is 1.70. The van der Waals surface area contributed by atoms with E-state index in [0.29, 0.717) is 17.9 Å². The molecule has 0 atom stereocenters. The van der Waals surface area contributed by atoms with Gasteiger partial charge in [0.25, 0.3) is 5.91 Å². The molecule has 2 aromatic rings. The Balaban J connectivity index is 2.19. The van der Waals surface area contributed by atoms with Gasteiger partial charge >= 0.3 is 0 Å². The molecule has 0 radical (unpaired) electrons. The Labute approximate surface area is 125 Å². The second kappa shape index (κ2) is 6.43. The minimum absolute atomic E-state index is 0.0899. The number of benzene rings is 1. The summed E-state index contributed by atoms with van der Waals surface area (Å²) in [5.41, 5.74) is 0.633. The van der Waals surface area contributed by atoms with Crippen molar-refractivity contribution in [3.8, 4) is 12.3 Å². The second-order valence-corrected chi connectivity index (χ2v) is 5.20. The van der Waals surface area contributed by atoms with Crippen LogP contribution in [-0.2, 0) is 6.54 Å². The van der Waals surface area contributed by atoms with Crippen LogP contribution in [0, 0.1) is 15.9 Å². The van der Waals surface area contributed by atoms with Gasteiger partial charge < -0.3 is 9.32 Å². The molecule has 0 saturated heterocycles. The molecular formula is C15H12INO2. The summed E-state index contributed by atoms with van der Waals surface area (Å²) in [5, 5.41) is 0. The van der Waals surface area contributed by atoms with Crippen LogP contribution in [0.3, 0.4) is 0 Å². The highest BCUT2D eigenvalue weighted by atomic mass is 127. The van der Waals surface area contributed by atoms with E-state index in [4.69, 9.17) is 10.8 Å². The van der Waals surface area contributed by atoms with Crippen LogP contribution < -0.4 is 0 Å². The molecule has 1 amide bonds. The predicted molar refractivity (Wildman–Crippen MR) is 81.4 cm³/mol. The van der Waals surface area contributed by atoms with Gasteiger partial charge in [0, 0.05) is 9.13 Å². The third kappa shape index (κ3) is 3.61. The van der Waals surface area contributed by atoms with Crippen LogP contribution in [0.1, 0.15) is 16.1 Å². The minimum atomic E-state index is -0.0899. The van der Waals surface area contributed by atoms with E-state index in [-0.39, 0.29) is 12.5 Å². The molecule has 96 valence electrons. The van der Waals surface area contributed by atoms with Crippen molar-refractivity contribution < 1.29 is 9.21 Å². The highest BCUT2D eigenvalue weighted by molar-refractivity contribution is 14.1. The molecule has 0 bridgehead atoms. The maximum absolute atomic E-state index is 12.4. The molecule has 1 aromatic heterocycles. The Hall–Kier alpha value is -1.74. The largest absolute Gasteiger partial charge is 0.467 e. The van der Waals surface area contributed by atoms with Crippen LogP contribution in [0.25, 0.3) is 0 Å². The Morgan fingerprint density at radius 2 is 2.21 bits per heavy atom. The lowest BCUT2D eigenvalue weighted by molar-refractivity contribution is 0.0755. The lowest BCUT2D eigenvalue weighted by atomic mass is 10.2. The zero-order valence-corrected chi connectivity index (χ0v) is 12.3. The molecule has 0 aliphatic heterocycles. The molecule has 0 saturated carbocycles. The molecule has 1 aromatic carbocycles. The summed E-state index contributed by atoms with van der Waals surface area (Å²) in [6, 6.07) is 11.0. The monoisotopic (exact) mass is 365 g/mol. The van der Waals surface area contributed by atoms with Gasteiger partial charge in [0.1, 0.15) is 5.76 Å². The van der Waals surface area contributed by atoms with E-state index in [1.165, 1.54) is 0 Å². The topological polar surface area (TPSA) is 33.5 Å². The van der Waals surface area contributed by atoms with Crippen molar-refractivity contribution in [3.05, 3.63) is 57.6 Å². The number of nitrogens with zero attached hydrogens (tertiary/aromatic N) is 1. The number of rotatable bonds is 4. The maximum Gasteiger partial charge on any atom is 0.255 e. The van der Waals surface area contributed by atoms with E-state index >= 15 is 0 Å². The normalized spacial score (nSPS) is 9.89. The van der Waals surface area contributed by atoms with E-state index < -0.39 is 0 Å². The molecule has 3 nitrogen and oxygen atoms in total. The first-order chi connectivity index (χ1) is 9.20. The average molecular weight is 365 g/mol. The summed E-state index contributed by atoms with van der Waals surface area (Å²) in [6.07, 6.45) is 6.91. The summed E-state index contributed by atoms with van der Waals surface area (Å²) in [4.78, 5) is 14.0.